The van der Waals surface area contributed by atoms with E-state index in [9.17, 15) is 0 Å². The van der Waals surface area contributed by atoms with E-state index in [1.54, 1.807) is 0 Å². The number of nitrogens with one attached hydrogen (secondary N) is 1. The standard InChI is InChI=1S/C29H42NOP/c1-22(2)27-20-19-23(3)21-28(27)32(31,26-17-11-6-12-18-26)29(24-13-7-4-8-14-24)30-25-15-9-5-10-16-25/h4,6-8,11-14,17-18,22-23,25,27-30H,5,9-10,15-16,19-21H2,1-3H3/t23-,27+,28?,29-,32+/m1/s1. The monoisotopic (exact) mass is 451 g/mol. The Balaban J connectivity index is 1.84. The van der Waals surface area contributed by atoms with Crippen molar-refractivity contribution in [3.8, 4) is 0 Å². The van der Waals surface area contributed by atoms with E-state index in [2.05, 4.69) is 86.8 Å². The molecule has 174 valence electrons. The maximum atomic E-state index is 15.7. The quantitative estimate of drug-likeness (QED) is 0.436. The van der Waals surface area contributed by atoms with Gasteiger partial charge < -0.3 is 9.88 Å². The van der Waals surface area contributed by atoms with Crippen LogP contribution in [0.1, 0.15) is 83.5 Å². The maximum Gasteiger partial charge on any atom is 0.139 e. The minimum atomic E-state index is -2.80. The van der Waals surface area contributed by atoms with Crippen LogP contribution in [0.15, 0.2) is 60.7 Å². The van der Waals surface area contributed by atoms with Crippen LogP contribution in [0, 0.1) is 17.8 Å². The summed E-state index contributed by atoms with van der Waals surface area (Å²) >= 11 is 0. The Morgan fingerprint density at radius 1 is 0.844 bits per heavy atom. The highest BCUT2D eigenvalue weighted by atomic mass is 31.2. The molecule has 0 aliphatic heterocycles. The molecule has 2 saturated carbocycles. The van der Waals surface area contributed by atoms with Gasteiger partial charge in [-0.05, 0) is 49.0 Å². The summed E-state index contributed by atoms with van der Waals surface area (Å²) < 4.78 is 15.7. The highest BCUT2D eigenvalue weighted by molar-refractivity contribution is 7.72. The van der Waals surface area contributed by atoms with E-state index in [1.165, 1.54) is 50.5 Å². The van der Waals surface area contributed by atoms with E-state index < -0.39 is 7.14 Å². The fraction of sp³-hybridized carbons (Fsp3) is 0.586. The second-order valence-corrected chi connectivity index (χ2v) is 13.9. The first-order valence-electron chi connectivity index (χ1n) is 13.0. The Kier molecular flexibility index (Phi) is 7.95. The summed E-state index contributed by atoms with van der Waals surface area (Å²) in [4.78, 5) is 0. The zero-order valence-corrected chi connectivity index (χ0v) is 21.1. The Bertz CT molecular complexity index is 875. The molecule has 0 heterocycles. The van der Waals surface area contributed by atoms with Crippen LogP contribution in [0.3, 0.4) is 0 Å². The van der Waals surface area contributed by atoms with Crippen LogP contribution < -0.4 is 10.6 Å². The molecule has 2 aliphatic carbocycles. The molecule has 0 spiro atoms. The summed E-state index contributed by atoms with van der Waals surface area (Å²) in [7, 11) is -2.80. The van der Waals surface area contributed by atoms with Crippen LogP contribution in [0.2, 0.25) is 0 Å². The lowest BCUT2D eigenvalue weighted by molar-refractivity contribution is 0.234. The average Bonchev–Trinajstić information content (AvgIpc) is 2.83. The number of hydrogen-bond donors (Lipinski definition) is 1. The molecule has 32 heavy (non-hydrogen) atoms. The minimum Gasteiger partial charge on any atom is -0.316 e. The highest BCUT2D eigenvalue weighted by Gasteiger charge is 2.49. The van der Waals surface area contributed by atoms with E-state index in [0.29, 0.717) is 23.8 Å². The van der Waals surface area contributed by atoms with Gasteiger partial charge in [0.1, 0.15) is 7.14 Å². The lowest BCUT2D eigenvalue weighted by atomic mass is 9.77. The first kappa shape index (κ1) is 23.8. The minimum absolute atomic E-state index is 0.106. The Hall–Kier alpha value is -1.37. The first-order valence-corrected chi connectivity index (χ1v) is 14.8. The molecule has 5 atom stereocenters. The molecule has 3 heteroatoms. The largest absolute Gasteiger partial charge is 0.316 e. The van der Waals surface area contributed by atoms with Crippen LogP contribution in [0.4, 0.5) is 0 Å². The van der Waals surface area contributed by atoms with Gasteiger partial charge in [-0.2, -0.15) is 0 Å². The van der Waals surface area contributed by atoms with Crippen molar-refractivity contribution >= 4 is 12.4 Å². The molecule has 2 fully saturated rings. The Labute approximate surface area is 196 Å². The van der Waals surface area contributed by atoms with Crippen molar-refractivity contribution in [2.45, 2.75) is 89.6 Å². The molecule has 2 nitrogen and oxygen atoms in total. The summed E-state index contributed by atoms with van der Waals surface area (Å²) in [6.45, 7) is 7.05. The predicted molar refractivity (Wildman–Crippen MR) is 138 cm³/mol. The van der Waals surface area contributed by atoms with E-state index in [4.69, 9.17) is 0 Å². The summed E-state index contributed by atoms with van der Waals surface area (Å²) in [5.41, 5.74) is 1.43. The topological polar surface area (TPSA) is 29.1 Å². The van der Waals surface area contributed by atoms with Gasteiger partial charge in [0, 0.05) is 17.0 Å². The van der Waals surface area contributed by atoms with E-state index in [1.807, 2.05) is 0 Å². The van der Waals surface area contributed by atoms with Crippen molar-refractivity contribution < 1.29 is 4.57 Å². The van der Waals surface area contributed by atoms with Crippen molar-refractivity contribution in [3.63, 3.8) is 0 Å². The van der Waals surface area contributed by atoms with Gasteiger partial charge in [0.15, 0.2) is 0 Å². The number of hydrogen-bond acceptors (Lipinski definition) is 2. The third-order valence-corrected chi connectivity index (χ3v) is 12.0. The third kappa shape index (κ3) is 5.07. The molecule has 2 aromatic rings. The smallest absolute Gasteiger partial charge is 0.139 e. The SMILES string of the molecule is CC(C)[C@@H]1CC[C@@H](C)CC1[P@@](=O)(c1ccccc1)[C@@H](NC1CCCCC1)c1ccccc1. The molecule has 0 saturated heterocycles. The second kappa shape index (κ2) is 10.7. The van der Waals surface area contributed by atoms with Crippen molar-refractivity contribution in [1.82, 2.24) is 5.32 Å². The van der Waals surface area contributed by atoms with Crippen molar-refractivity contribution in [2.75, 3.05) is 0 Å². The van der Waals surface area contributed by atoms with E-state index in [0.717, 1.165) is 11.7 Å². The molecule has 2 aromatic carbocycles. The molecule has 0 aromatic heterocycles. The molecule has 2 aliphatic rings. The molecule has 4 rings (SSSR count). The fourth-order valence-corrected chi connectivity index (χ4v) is 10.8. The molecule has 0 radical (unpaired) electrons. The van der Waals surface area contributed by atoms with Crippen LogP contribution in [0.25, 0.3) is 0 Å². The number of rotatable bonds is 7. The van der Waals surface area contributed by atoms with Gasteiger partial charge in [-0.15, -0.1) is 0 Å². The summed E-state index contributed by atoms with van der Waals surface area (Å²) in [5, 5.41) is 5.09. The average molecular weight is 452 g/mol. The van der Waals surface area contributed by atoms with Gasteiger partial charge in [-0.1, -0.05) is 107 Å². The molecule has 0 bridgehead atoms. The van der Waals surface area contributed by atoms with E-state index in [-0.39, 0.29) is 11.4 Å². The Morgan fingerprint density at radius 3 is 2.09 bits per heavy atom. The van der Waals surface area contributed by atoms with Crippen molar-refractivity contribution in [1.29, 1.82) is 0 Å². The fourth-order valence-electron chi connectivity index (χ4n) is 6.34. The van der Waals surface area contributed by atoms with Crippen LogP contribution in [-0.4, -0.2) is 11.7 Å². The first-order chi connectivity index (χ1) is 15.5. The van der Waals surface area contributed by atoms with Crippen molar-refractivity contribution in [3.05, 3.63) is 66.2 Å². The lowest BCUT2D eigenvalue weighted by Crippen LogP contribution is -2.42. The van der Waals surface area contributed by atoms with Gasteiger partial charge in [-0.3, -0.25) is 0 Å². The normalized spacial score (nSPS) is 27.7. The van der Waals surface area contributed by atoms with Gasteiger partial charge >= 0.3 is 0 Å². The lowest BCUT2D eigenvalue weighted by Gasteiger charge is -2.45. The number of benzene rings is 2. The highest BCUT2D eigenvalue weighted by Crippen LogP contribution is 2.66. The van der Waals surface area contributed by atoms with Gasteiger partial charge in [0.05, 0.1) is 5.78 Å². The van der Waals surface area contributed by atoms with Crippen LogP contribution >= 0.6 is 7.14 Å². The van der Waals surface area contributed by atoms with Crippen LogP contribution in [-0.2, 0) is 4.57 Å². The molecule has 1 N–H and O–H groups in total. The molecular weight excluding hydrogens is 409 g/mol. The molecule has 1 unspecified atom stereocenters. The van der Waals surface area contributed by atoms with Gasteiger partial charge in [0.25, 0.3) is 0 Å². The predicted octanol–water partition coefficient (Wildman–Crippen LogP) is 7.76. The summed E-state index contributed by atoms with van der Waals surface area (Å²) in [5.74, 6) is 1.59. The summed E-state index contributed by atoms with van der Waals surface area (Å²) in [6, 6.07) is 21.7. The van der Waals surface area contributed by atoms with Crippen molar-refractivity contribution in [2.24, 2.45) is 17.8 Å². The zero-order valence-electron chi connectivity index (χ0n) is 20.2. The zero-order chi connectivity index (χ0) is 22.6. The second-order valence-electron chi connectivity index (χ2n) is 10.8. The summed E-state index contributed by atoms with van der Waals surface area (Å²) in [6.07, 6.45) is 9.84. The maximum absolute atomic E-state index is 15.7. The Morgan fingerprint density at radius 2 is 1.47 bits per heavy atom. The third-order valence-electron chi connectivity index (χ3n) is 8.14. The molecular formula is C29H42NOP. The van der Waals surface area contributed by atoms with E-state index >= 15 is 4.57 Å². The molecule has 0 amide bonds. The van der Waals surface area contributed by atoms with Crippen LogP contribution in [0.5, 0.6) is 0 Å². The van der Waals surface area contributed by atoms with Gasteiger partial charge in [0.2, 0.25) is 0 Å². The van der Waals surface area contributed by atoms with Gasteiger partial charge in [-0.25, -0.2) is 0 Å².